The van der Waals surface area contributed by atoms with Crippen LogP contribution in [0.15, 0.2) is 36.7 Å². The monoisotopic (exact) mass is 379 g/mol. The van der Waals surface area contributed by atoms with Gasteiger partial charge in [0, 0.05) is 13.2 Å². The summed E-state index contributed by atoms with van der Waals surface area (Å²) in [6.45, 7) is 1.94. The van der Waals surface area contributed by atoms with E-state index < -0.39 is 0 Å². The van der Waals surface area contributed by atoms with E-state index in [1.165, 1.54) is 4.68 Å². The second-order valence-electron chi connectivity index (χ2n) is 5.29. The topological polar surface area (TPSA) is 74.0 Å². The van der Waals surface area contributed by atoms with Crippen LogP contribution < -0.4 is 10.1 Å². The van der Waals surface area contributed by atoms with E-state index in [9.17, 15) is 4.79 Å². The van der Waals surface area contributed by atoms with Crippen molar-refractivity contribution in [3.63, 3.8) is 0 Å². The minimum Gasteiger partial charge on any atom is -0.468 e. The minimum atomic E-state index is -0.328. The Morgan fingerprint density at radius 1 is 1.28 bits per heavy atom. The van der Waals surface area contributed by atoms with Gasteiger partial charge in [-0.25, -0.2) is 4.68 Å². The van der Waals surface area contributed by atoms with E-state index in [4.69, 9.17) is 27.9 Å². The first-order valence-electron chi connectivity index (χ1n) is 7.36. The van der Waals surface area contributed by atoms with Crippen LogP contribution in [0.1, 0.15) is 16.2 Å². The van der Waals surface area contributed by atoms with Gasteiger partial charge in [0.15, 0.2) is 18.2 Å². The third-order valence-electron chi connectivity index (χ3n) is 3.62. The van der Waals surface area contributed by atoms with Gasteiger partial charge in [-0.15, -0.1) is 0 Å². The van der Waals surface area contributed by atoms with Crippen LogP contribution in [0.5, 0.6) is 5.75 Å². The third kappa shape index (κ3) is 3.78. The molecule has 0 aliphatic rings. The van der Waals surface area contributed by atoms with E-state index in [0.29, 0.717) is 21.5 Å². The number of carbonyl (C=O) groups is 1. The summed E-state index contributed by atoms with van der Waals surface area (Å²) in [6.07, 6.45) is 3.22. The Bertz CT molecular complexity index is 899. The fourth-order valence-electron chi connectivity index (χ4n) is 2.11. The van der Waals surface area contributed by atoms with Crippen molar-refractivity contribution in [2.75, 3.05) is 5.32 Å². The summed E-state index contributed by atoms with van der Waals surface area (Å²) < 4.78 is 8.73. The van der Waals surface area contributed by atoms with Gasteiger partial charge in [0.05, 0.1) is 27.6 Å². The lowest BCUT2D eigenvalue weighted by Crippen LogP contribution is -2.14. The molecular weight excluding hydrogens is 365 g/mol. The van der Waals surface area contributed by atoms with Crippen LogP contribution in [-0.2, 0) is 13.8 Å². The zero-order valence-electron chi connectivity index (χ0n) is 13.5. The molecule has 0 saturated carbocycles. The molecule has 9 heteroatoms. The number of benzene rings is 1. The van der Waals surface area contributed by atoms with Crippen LogP contribution in [0.3, 0.4) is 0 Å². The maximum atomic E-state index is 12.3. The molecule has 1 amide bonds. The zero-order valence-corrected chi connectivity index (χ0v) is 15.0. The van der Waals surface area contributed by atoms with Gasteiger partial charge in [-0.05, 0) is 25.1 Å². The van der Waals surface area contributed by atoms with E-state index in [0.717, 1.165) is 5.69 Å². The molecule has 0 atom stereocenters. The molecule has 0 fully saturated rings. The van der Waals surface area contributed by atoms with E-state index >= 15 is 0 Å². The molecule has 1 N–H and O–H groups in total. The molecule has 0 aliphatic heterocycles. The molecular formula is C16H15Cl2N5O2. The Kier molecular flexibility index (Phi) is 4.96. The van der Waals surface area contributed by atoms with Gasteiger partial charge < -0.3 is 10.1 Å². The van der Waals surface area contributed by atoms with Gasteiger partial charge in [-0.3, -0.25) is 9.48 Å². The van der Waals surface area contributed by atoms with E-state index in [1.54, 1.807) is 48.4 Å². The van der Waals surface area contributed by atoms with Gasteiger partial charge >= 0.3 is 0 Å². The van der Waals surface area contributed by atoms with Gasteiger partial charge in [0.25, 0.3) is 5.91 Å². The van der Waals surface area contributed by atoms with Gasteiger partial charge in [-0.2, -0.15) is 10.2 Å². The number of para-hydroxylation sites is 1. The van der Waals surface area contributed by atoms with E-state index in [-0.39, 0.29) is 18.3 Å². The lowest BCUT2D eigenvalue weighted by atomic mass is 10.3. The molecule has 7 nitrogen and oxygen atoms in total. The third-order valence-corrected chi connectivity index (χ3v) is 4.21. The van der Waals surface area contributed by atoms with Gasteiger partial charge in [-0.1, -0.05) is 29.3 Å². The second-order valence-corrected chi connectivity index (χ2v) is 6.10. The highest BCUT2D eigenvalue weighted by Gasteiger charge is 2.13. The maximum Gasteiger partial charge on any atom is 0.276 e. The number of aromatic nitrogens is 4. The average molecular weight is 380 g/mol. The van der Waals surface area contributed by atoms with E-state index in [1.807, 2.05) is 6.92 Å². The summed E-state index contributed by atoms with van der Waals surface area (Å²) in [5, 5.41) is 11.8. The molecule has 3 rings (SSSR count). The number of amides is 1. The Labute approximate surface area is 154 Å². The van der Waals surface area contributed by atoms with Gasteiger partial charge in [0.2, 0.25) is 0 Å². The van der Waals surface area contributed by atoms with Crippen molar-refractivity contribution >= 4 is 34.8 Å². The lowest BCUT2D eigenvalue weighted by Gasteiger charge is -2.09. The molecule has 0 spiro atoms. The highest BCUT2D eigenvalue weighted by Crippen LogP contribution is 2.32. The number of hydrogen-bond donors (Lipinski definition) is 1. The van der Waals surface area contributed by atoms with Crippen LogP contribution in [0.25, 0.3) is 0 Å². The Morgan fingerprint density at radius 2 is 2.00 bits per heavy atom. The molecule has 2 heterocycles. The fraction of sp³-hybridized carbons (Fsp3) is 0.188. The number of rotatable bonds is 5. The lowest BCUT2D eigenvalue weighted by molar-refractivity contribution is 0.102. The Hall–Kier alpha value is -2.51. The molecule has 25 heavy (non-hydrogen) atoms. The number of nitrogens with zero attached hydrogens (tertiary/aromatic N) is 4. The van der Waals surface area contributed by atoms with Crippen LogP contribution >= 0.6 is 23.2 Å². The first-order valence-corrected chi connectivity index (χ1v) is 8.11. The van der Waals surface area contributed by atoms with Crippen LogP contribution in [0.4, 0.5) is 5.69 Å². The SMILES string of the molecule is Cc1c(NC(=O)c2ccn(COc3c(Cl)cccc3Cl)n2)cnn1C. The van der Waals surface area contributed by atoms with Crippen molar-refractivity contribution in [3.8, 4) is 5.75 Å². The predicted octanol–water partition coefficient (Wildman–Crippen LogP) is 3.52. The van der Waals surface area contributed by atoms with Crippen LogP contribution in [0, 0.1) is 6.92 Å². The molecule has 1 aromatic carbocycles. The number of halogens is 2. The number of hydrogen-bond acceptors (Lipinski definition) is 4. The predicted molar refractivity (Wildman–Crippen MR) is 95.2 cm³/mol. The number of carbonyl (C=O) groups excluding carboxylic acids is 1. The van der Waals surface area contributed by atoms with Crippen molar-refractivity contribution in [2.45, 2.75) is 13.7 Å². The molecule has 130 valence electrons. The summed E-state index contributed by atoms with van der Waals surface area (Å²) in [7, 11) is 1.80. The Balaban J connectivity index is 1.66. The first kappa shape index (κ1) is 17.3. The van der Waals surface area contributed by atoms with E-state index in [2.05, 4.69) is 15.5 Å². The van der Waals surface area contributed by atoms with Crippen molar-refractivity contribution < 1.29 is 9.53 Å². The fourth-order valence-corrected chi connectivity index (χ4v) is 2.62. The molecule has 0 bridgehead atoms. The van der Waals surface area contributed by atoms with Crippen molar-refractivity contribution in [1.29, 1.82) is 0 Å². The molecule has 2 aromatic heterocycles. The Morgan fingerprint density at radius 3 is 2.64 bits per heavy atom. The number of nitrogens with one attached hydrogen (secondary N) is 1. The number of ether oxygens (including phenoxy) is 1. The highest BCUT2D eigenvalue weighted by atomic mass is 35.5. The van der Waals surface area contributed by atoms with Crippen molar-refractivity contribution in [3.05, 3.63) is 58.1 Å². The summed E-state index contributed by atoms with van der Waals surface area (Å²) in [5.74, 6) is 0.0453. The normalized spacial score (nSPS) is 10.7. The summed E-state index contributed by atoms with van der Waals surface area (Å²) in [6, 6.07) is 6.69. The molecule has 0 unspecified atom stereocenters. The van der Waals surface area contributed by atoms with Crippen molar-refractivity contribution in [2.24, 2.45) is 7.05 Å². The molecule has 3 aromatic rings. The smallest absolute Gasteiger partial charge is 0.276 e. The summed E-state index contributed by atoms with van der Waals surface area (Å²) in [5.41, 5.74) is 1.75. The average Bonchev–Trinajstić information content (AvgIpc) is 3.17. The summed E-state index contributed by atoms with van der Waals surface area (Å²) in [4.78, 5) is 12.3. The number of anilines is 1. The van der Waals surface area contributed by atoms with Crippen molar-refractivity contribution in [1.82, 2.24) is 19.6 Å². The minimum absolute atomic E-state index is 0.0721. The first-order chi connectivity index (χ1) is 12.0. The van der Waals surface area contributed by atoms with Crippen LogP contribution in [0.2, 0.25) is 10.0 Å². The highest BCUT2D eigenvalue weighted by molar-refractivity contribution is 6.37. The molecule has 0 aliphatic carbocycles. The standard InChI is InChI=1S/C16H15Cl2N5O2/c1-10-14(8-19-22(10)2)20-16(24)13-6-7-23(21-13)9-25-15-11(17)4-3-5-12(15)18/h3-8H,9H2,1-2H3,(H,20,24). The van der Waals surface area contributed by atoms with Gasteiger partial charge in [0.1, 0.15) is 0 Å². The summed E-state index contributed by atoms with van der Waals surface area (Å²) >= 11 is 12.1. The quantitative estimate of drug-likeness (QED) is 0.735. The zero-order chi connectivity index (χ0) is 18.0. The van der Waals surface area contributed by atoms with Crippen LogP contribution in [-0.4, -0.2) is 25.5 Å². The molecule has 0 saturated heterocycles. The molecule has 0 radical (unpaired) electrons. The maximum absolute atomic E-state index is 12.3. The second kappa shape index (κ2) is 7.16. The largest absolute Gasteiger partial charge is 0.468 e. The number of aryl methyl sites for hydroxylation is 1.